The summed E-state index contributed by atoms with van der Waals surface area (Å²) in [6.45, 7) is 1.31. The van der Waals surface area contributed by atoms with Crippen LogP contribution in [0, 0.1) is 0 Å². The SMILES string of the molecule is O=C(/C=C/c1ccccc1)NCC(=O)N1CCN(CC(F)F)CC1. The molecule has 0 atom stereocenters. The first-order valence-electron chi connectivity index (χ1n) is 7.84. The van der Waals surface area contributed by atoms with Gasteiger partial charge < -0.3 is 10.2 Å². The first-order valence-corrected chi connectivity index (χ1v) is 7.84. The second-order valence-electron chi connectivity index (χ2n) is 5.53. The molecular formula is C17H21F2N3O2. The standard InChI is InChI=1S/C17H21F2N3O2/c18-15(19)13-21-8-10-22(11-9-21)17(24)12-20-16(23)7-6-14-4-2-1-3-5-14/h1-7,15H,8-13H2,(H,20,23)/b7-6+. The van der Waals surface area contributed by atoms with E-state index in [9.17, 15) is 18.4 Å². The molecule has 1 fully saturated rings. The molecule has 1 aliphatic heterocycles. The highest BCUT2D eigenvalue weighted by atomic mass is 19.3. The van der Waals surface area contributed by atoms with Crippen molar-refractivity contribution in [3.8, 4) is 0 Å². The first-order chi connectivity index (χ1) is 11.5. The van der Waals surface area contributed by atoms with Gasteiger partial charge >= 0.3 is 0 Å². The van der Waals surface area contributed by atoms with Crippen LogP contribution in [0.5, 0.6) is 0 Å². The van der Waals surface area contributed by atoms with Gasteiger partial charge in [-0.1, -0.05) is 30.3 Å². The molecule has 1 aliphatic rings. The smallest absolute Gasteiger partial charge is 0.251 e. The lowest BCUT2D eigenvalue weighted by Gasteiger charge is -2.34. The highest BCUT2D eigenvalue weighted by molar-refractivity contribution is 5.94. The van der Waals surface area contributed by atoms with Gasteiger partial charge in [-0.15, -0.1) is 0 Å². The van der Waals surface area contributed by atoms with E-state index in [4.69, 9.17) is 0 Å². The van der Waals surface area contributed by atoms with Crippen LogP contribution in [0.4, 0.5) is 8.78 Å². The molecular weight excluding hydrogens is 316 g/mol. The lowest BCUT2D eigenvalue weighted by Crippen LogP contribution is -2.51. The second-order valence-corrected chi connectivity index (χ2v) is 5.53. The Balaban J connectivity index is 1.69. The van der Waals surface area contributed by atoms with Crippen molar-refractivity contribution in [1.82, 2.24) is 15.1 Å². The minimum atomic E-state index is -2.36. The summed E-state index contributed by atoms with van der Waals surface area (Å²) in [5.74, 6) is -0.545. The van der Waals surface area contributed by atoms with Crippen molar-refractivity contribution in [2.45, 2.75) is 6.43 Å². The predicted octanol–water partition coefficient (Wildman–Crippen LogP) is 1.23. The third-order valence-electron chi connectivity index (χ3n) is 3.76. The molecule has 7 heteroatoms. The van der Waals surface area contributed by atoms with Crippen molar-refractivity contribution in [1.29, 1.82) is 0 Å². The fraction of sp³-hybridized carbons (Fsp3) is 0.412. The number of amides is 2. The zero-order chi connectivity index (χ0) is 17.4. The molecule has 0 spiro atoms. The number of rotatable bonds is 6. The number of hydrogen-bond donors (Lipinski definition) is 1. The Morgan fingerprint density at radius 3 is 2.42 bits per heavy atom. The molecule has 0 radical (unpaired) electrons. The minimum absolute atomic E-state index is 0.0905. The molecule has 0 saturated carbocycles. The summed E-state index contributed by atoms with van der Waals surface area (Å²) >= 11 is 0. The molecule has 2 amide bonds. The van der Waals surface area contributed by atoms with Crippen LogP contribution < -0.4 is 5.32 Å². The Kier molecular flexibility index (Phi) is 6.87. The van der Waals surface area contributed by atoms with Gasteiger partial charge in [0.1, 0.15) is 0 Å². The van der Waals surface area contributed by atoms with Crippen LogP contribution in [0.25, 0.3) is 6.08 Å². The number of carbonyl (C=O) groups excluding carboxylic acids is 2. The number of hydrogen-bond acceptors (Lipinski definition) is 3. The van der Waals surface area contributed by atoms with Crippen molar-refractivity contribution in [3.05, 3.63) is 42.0 Å². The van der Waals surface area contributed by atoms with Crippen molar-refractivity contribution in [2.24, 2.45) is 0 Å². The summed E-state index contributed by atoms with van der Waals surface area (Å²) in [6.07, 6.45) is 0.689. The number of nitrogens with one attached hydrogen (secondary N) is 1. The quantitative estimate of drug-likeness (QED) is 0.795. The summed E-state index contributed by atoms with van der Waals surface area (Å²) in [6, 6.07) is 9.36. The first kappa shape index (κ1) is 18.1. The summed E-state index contributed by atoms with van der Waals surface area (Å²) in [5, 5.41) is 2.54. The highest BCUT2D eigenvalue weighted by Gasteiger charge is 2.22. The number of alkyl halides is 2. The van der Waals surface area contributed by atoms with Crippen LogP contribution in [0.2, 0.25) is 0 Å². The zero-order valence-electron chi connectivity index (χ0n) is 13.3. The monoisotopic (exact) mass is 337 g/mol. The van der Waals surface area contributed by atoms with Gasteiger partial charge in [-0.25, -0.2) is 8.78 Å². The molecule has 24 heavy (non-hydrogen) atoms. The van der Waals surface area contributed by atoms with Gasteiger partial charge in [0.2, 0.25) is 11.8 Å². The number of halogens is 2. The van der Waals surface area contributed by atoms with Crippen molar-refractivity contribution < 1.29 is 18.4 Å². The van der Waals surface area contributed by atoms with E-state index in [0.29, 0.717) is 26.2 Å². The van der Waals surface area contributed by atoms with Crippen LogP contribution in [0.3, 0.4) is 0 Å². The summed E-state index contributed by atoms with van der Waals surface area (Å²) in [4.78, 5) is 27.0. The molecule has 1 N–H and O–H groups in total. The molecule has 0 aromatic heterocycles. The van der Waals surface area contributed by atoms with E-state index in [-0.39, 0.29) is 24.9 Å². The lowest BCUT2D eigenvalue weighted by atomic mass is 10.2. The van der Waals surface area contributed by atoms with E-state index >= 15 is 0 Å². The van der Waals surface area contributed by atoms with Crippen LogP contribution in [-0.4, -0.2) is 67.3 Å². The third-order valence-corrected chi connectivity index (χ3v) is 3.76. The Morgan fingerprint density at radius 2 is 1.79 bits per heavy atom. The summed E-state index contributed by atoms with van der Waals surface area (Å²) < 4.78 is 24.6. The van der Waals surface area contributed by atoms with Gasteiger partial charge in [0.25, 0.3) is 6.43 Å². The maximum atomic E-state index is 12.3. The Hall–Kier alpha value is -2.28. The van der Waals surface area contributed by atoms with Crippen molar-refractivity contribution >= 4 is 17.9 Å². The van der Waals surface area contributed by atoms with E-state index in [1.165, 1.54) is 6.08 Å². The van der Waals surface area contributed by atoms with E-state index in [1.54, 1.807) is 15.9 Å². The van der Waals surface area contributed by atoms with Crippen LogP contribution in [0.15, 0.2) is 36.4 Å². The molecule has 0 aliphatic carbocycles. The molecule has 5 nitrogen and oxygen atoms in total. The molecule has 1 saturated heterocycles. The molecule has 2 rings (SSSR count). The van der Waals surface area contributed by atoms with Crippen molar-refractivity contribution in [3.63, 3.8) is 0 Å². The van der Waals surface area contributed by atoms with Crippen LogP contribution >= 0.6 is 0 Å². The Morgan fingerprint density at radius 1 is 1.12 bits per heavy atom. The largest absolute Gasteiger partial charge is 0.343 e. The van der Waals surface area contributed by atoms with E-state index in [2.05, 4.69) is 5.32 Å². The molecule has 1 aromatic rings. The van der Waals surface area contributed by atoms with E-state index < -0.39 is 6.43 Å². The zero-order valence-corrected chi connectivity index (χ0v) is 13.3. The lowest BCUT2D eigenvalue weighted by molar-refractivity contribution is -0.133. The fourth-order valence-electron chi connectivity index (χ4n) is 2.44. The van der Waals surface area contributed by atoms with E-state index in [0.717, 1.165) is 5.56 Å². The van der Waals surface area contributed by atoms with Gasteiger partial charge in [0, 0.05) is 32.3 Å². The fourth-order valence-corrected chi connectivity index (χ4v) is 2.44. The van der Waals surface area contributed by atoms with Gasteiger partial charge in [-0.2, -0.15) is 0 Å². The van der Waals surface area contributed by atoms with Gasteiger partial charge in [0.05, 0.1) is 13.1 Å². The topological polar surface area (TPSA) is 52.7 Å². The second kappa shape index (κ2) is 9.12. The third kappa shape index (κ3) is 6.08. The number of benzene rings is 1. The summed E-state index contributed by atoms with van der Waals surface area (Å²) in [7, 11) is 0. The number of nitrogens with zero attached hydrogens (tertiary/aromatic N) is 2. The number of piperazine rings is 1. The predicted molar refractivity (Wildman–Crippen MR) is 87.5 cm³/mol. The molecule has 0 unspecified atom stereocenters. The Bertz CT molecular complexity index is 570. The Labute approximate surface area is 139 Å². The molecule has 1 heterocycles. The molecule has 130 valence electrons. The average Bonchev–Trinajstić information content (AvgIpc) is 2.59. The maximum Gasteiger partial charge on any atom is 0.251 e. The highest BCUT2D eigenvalue weighted by Crippen LogP contribution is 2.05. The van der Waals surface area contributed by atoms with Crippen LogP contribution in [0.1, 0.15) is 5.56 Å². The van der Waals surface area contributed by atoms with Gasteiger partial charge in [-0.3, -0.25) is 14.5 Å². The normalized spacial score (nSPS) is 15.9. The minimum Gasteiger partial charge on any atom is -0.343 e. The van der Waals surface area contributed by atoms with Gasteiger partial charge in [-0.05, 0) is 11.6 Å². The van der Waals surface area contributed by atoms with Gasteiger partial charge in [0.15, 0.2) is 0 Å². The van der Waals surface area contributed by atoms with E-state index in [1.807, 2.05) is 30.3 Å². The summed E-state index contributed by atoms with van der Waals surface area (Å²) in [5.41, 5.74) is 0.897. The maximum absolute atomic E-state index is 12.3. The average molecular weight is 337 g/mol. The van der Waals surface area contributed by atoms with Crippen LogP contribution in [-0.2, 0) is 9.59 Å². The molecule has 1 aromatic carbocycles. The number of carbonyl (C=O) groups is 2. The molecule has 0 bridgehead atoms. The van der Waals surface area contributed by atoms with Crippen molar-refractivity contribution in [2.75, 3.05) is 39.3 Å².